The molecule has 0 saturated carbocycles. The molecule has 264 valence electrons. The van der Waals surface area contributed by atoms with E-state index in [0.717, 1.165) is 121 Å². The summed E-state index contributed by atoms with van der Waals surface area (Å²) >= 11 is 7.65. The maximum absolute atomic E-state index is 11.1. The van der Waals surface area contributed by atoms with Crippen LogP contribution in [0.4, 0.5) is 11.4 Å². The third kappa shape index (κ3) is 11.7. The van der Waals surface area contributed by atoms with Gasteiger partial charge in [-0.25, -0.2) is 0 Å². The lowest BCUT2D eigenvalue weighted by atomic mass is 9.84. The molecule has 0 radical (unpaired) electrons. The first-order valence-electron chi connectivity index (χ1n) is 16.9. The quantitative estimate of drug-likeness (QED) is 0.356. The van der Waals surface area contributed by atoms with Crippen LogP contribution in [0.25, 0.3) is 11.1 Å². The number of rotatable bonds is 4. The van der Waals surface area contributed by atoms with Gasteiger partial charge in [0.15, 0.2) is 0 Å². The van der Waals surface area contributed by atoms with Crippen LogP contribution in [0, 0.1) is 0 Å². The zero-order valence-electron chi connectivity index (χ0n) is 27.8. The van der Waals surface area contributed by atoms with Crippen molar-refractivity contribution >= 4 is 69.6 Å². The van der Waals surface area contributed by atoms with Crippen LogP contribution in [-0.4, -0.2) is 135 Å². The number of aliphatic hydroxyl groups is 2. The third-order valence-electron chi connectivity index (χ3n) is 8.24. The van der Waals surface area contributed by atoms with Crippen molar-refractivity contribution in [3.8, 4) is 0 Å². The summed E-state index contributed by atoms with van der Waals surface area (Å²) in [6.45, 7) is 9.51. The number of hydrogen-bond donors (Lipinski definition) is 2. The van der Waals surface area contributed by atoms with Crippen LogP contribution < -0.4 is 9.80 Å². The minimum atomic E-state index is 0.144. The summed E-state index contributed by atoms with van der Waals surface area (Å²) < 4.78 is 22.6. The Morgan fingerprint density at radius 1 is 0.396 bits per heavy atom. The van der Waals surface area contributed by atoms with Gasteiger partial charge in [-0.3, -0.25) is 0 Å². The lowest BCUT2D eigenvalue weighted by molar-refractivity contribution is 0.0605. The Morgan fingerprint density at radius 3 is 0.979 bits per heavy atom. The molecule has 5 rings (SSSR count). The van der Waals surface area contributed by atoms with Gasteiger partial charge in [0.1, 0.15) is 11.5 Å². The van der Waals surface area contributed by atoms with Crippen LogP contribution in [-0.2, 0) is 18.9 Å². The Bertz CT molecular complexity index is 1150. The Kier molecular flexibility index (Phi) is 16.9. The number of thioether (sulfide) groups is 4. The maximum atomic E-state index is 11.1. The lowest BCUT2D eigenvalue weighted by Crippen LogP contribution is -2.28. The first-order chi connectivity index (χ1) is 23.7. The van der Waals surface area contributed by atoms with E-state index in [9.17, 15) is 10.2 Å². The summed E-state index contributed by atoms with van der Waals surface area (Å²) in [5, 5.41) is 22.3. The summed E-state index contributed by atoms with van der Waals surface area (Å²) in [5.41, 5.74) is 4.96. The molecule has 0 unspecified atom stereocenters. The van der Waals surface area contributed by atoms with E-state index >= 15 is 0 Å². The zero-order chi connectivity index (χ0) is 33.2. The molecule has 1 aliphatic carbocycles. The first-order valence-corrected chi connectivity index (χ1v) is 21.5. The van der Waals surface area contributed by atoms with E-state index in [-0.39, 0.29) is 11.5 Å². The molecule has 8 nitrogen and oxygen atoms in total. The van der Waals surface area contributed by atoms with Crippen LogP contribution in [0.3, 0.4) is 0 Å². The molecule has 0 bridgehead atoms. The van der Waals surface area contributed by atoms with Gasteiger partial charge in [-0.2, -0.15) is 47.0 Å². The van der Waals surface area contributed by atoms with Gasteiger partial charge in [0, 0.05) is 83.6 Å². The smallest absolute Gasteiger partial charge is 0.138 e. The van der Waals surface area contributed by atoms with Crippen molar-refractivity contribution in [1.82, 2.24) is 0 Å². The highest BCUT2D eigenvalue weighted by Crippen LogP contribution is 2.45. The first kappa shape index (κ1) is 37.6. The predicted molar refractivity (Wildman–Crippen MR) is 209 cm³/mol. The van der Waals surface area contributed by atoms with Crippen molar-refractivity contribution in [1.29, 1.82) is 0 Å². The molecule has 0 atom stereocenters. The van der Waals surface area contributed by atoms with Crippen molar-refractivity contribution in [2.45, 2.75) is 0 Å². The van der Waals surface area contributed by atoms with Gasteiger partial charge in [0.25, 0.3) is 0 Å². The standard InChI is InChI=1S/C36H50N2O6S4/c39-35-33(29-1-5-31(6-2-29)37-9-21-45-25-17-41-13-14-42-18-26-46-22-10-37)36(40)34(35)30-3-7-32(8-4-30)38-11-23-47-27-19-43-15-16-44-20-28-48-24-12-38/h1-8,39-40H,9-28H2. The minimum absolute atomic E-state index is 0.144. The molecule has 2 saturated heterocycles. The molecule has 0 amide bonds. The molecular weight excluding hydrogens is 685 g/mol. The van der Waals surface area contributed by atoms with Crippen molar-refractivity contribution in [3.63, 3.8) is 0 Å². The van der Waals surface area contributed by atoms with Gasteiger partial charge in [-0.05, 0) is 35.4 Å². The number of ether oxygens (including phenoxy) is 4. The number of hydrogen-bond acceptors (Lipinski definition) is 12. The third-order valence-corrected chi connectivity index (χ3v) is 12.0. The summed E-state index contributed by atoms with van der Waals surface area (Å²) in [5.74, 6) is 8.34. The van der Waals surface area contributed by atoms with Gasteiger partial charge in [0.05, 0.1) is 64.0 Å². The van der Waals surface area contributed by atoms with Crippen molar-refractivity contribution in [2.75, 3.05) is 135 Å². The fraction of sp³-hybridized carbons (Fsp3) is 0.556. The Balaban J connectivity index is 1.19. The fourth-order valence-corrected chi connectivity index (χ4v) is 8.76. The van der Waals surface area contributed by atoms with Crippen LogP contribution >= 0.6 is 47.0 Å². The molecule has 2 fully saturated rings. The summed E-state index contributed by atoms with van der Waals surface area (Å²) in [4.78, 5) is 4.84. The molecule has 12 heteroatoms. The second-order valence-corrected chi connectivity index (χ2v) is 16.3. The largest absolute Gasteiger partial charge is 0.506 e. The molecule has 48 heavy (non-hydrogen) atoms. The molecule has 0 aromatic heterocycles. The summed E-state index contributed by atoms with van der Waals surface area (Å²) in [6, 6.07) is 16.4. The Hall–Kier alpha value is -1.64. The molecule has 2 N–H and O–H groups in total. The zero-order valence-corrected chi connectivity index (χ0v) is 31.1. The molecule has 2 aromatic rings. The van der Waals surface area contributed by atoms with E-state index in [1.807, 2.05) is 71.3 Å². The van der Waals surface area contributed by atoms with Crippen LogP contribution in [0.15, 0.2) is 60.0 Å². The second-order valence-electron chi connectivity index (χ2n) is 11.4. The monoisotopic (exact) mass is 734 g/mol. The van der Waals surface area contributed by atoms with Gasteiger partial charge < -0.3 is 39.0 Å². The number of benzene rings is 2. The average Bonchev–Trinajstić information content (AvgIpc) is 3.12. The van der Waals surface area contributed by atoms with Crippen molar-refractivity contribution in [2.24, 2.45) is 0 Å². The van der Waals surface area contributed by atoms with Crippen LogP contribution in [0.1, 0.15) is 11.1 Å². The topological polar surface area (TPSA) is 83.9 Å². The van der Waals surface area contributed by atoms with Crippen LogP contribution in [0.5, 0.6) is 0 Å². The van der Waals surface area contributed by atoms with Gasteiger partial charge in [-0.1, -0.05) is 24.3 Å². The van der Waals surface area contributed by atoms with E-state index < -0.39 is 0 Å². The normalized spacial score (nSPS) is 21.4. The molecule has 2 aromatic carbocycles. The number of anilines is 2. The molecule has 2 heterocycles. The molecule has 0 spiro atoms. The summed E-state index contributed by atoms with van der Waals surface area (Å²) in [6.07, 6.45) is 0. The highest BCUT2D eigenvalue weighted by Gasteiger charge is 2.31. The lowest BCUT2D eigenvalue weighted by Gasteiger charge is -2.27. The maximum Gasteiger partial charge on any atom is 0.138 e. The Morgan fingerprint density at radius 2 is 0.688 bits per heavy atom. The number of nitrogens with zero attached hydrogens (tertiary/aromatic N) is 2. The second kappa shape index (κ2) is 21.5. The van der Waals surface area contributed by atoms with Gasteiger partial charge >= 0.3 is 0 Å². The van der Waals surface area contributed by atoms with E-state index in [2.05, 4.69) is 34.1 Å². The van der Waals surface area contributed by atoms with E-state index in [1.165, 1.54) is 0 Å². The van der Waals surface area contributed by atoms with Crippen molar-refractivity contribution in [3.05, 3.63) is 71.2 Å². The predicted octanol–water partition coefficient (Wildman–Crippen LogP) is 6.58. The molecule has 2 aliphatic heterocycles. The average molecular weight is 735 g/mol. The fourth-order valence-electron chi connectivity index (χ4n) is 5.60. The molecular formula is C36H50N2O6S4. The van der Waals surface area contributed by atoms with Gasteiger partial charge in [-0.15, -0.1) is 0 Å². The highest BCUT2D eigenvalue weighted by molar-refractivity contribution is 7.99. The summed E-state index contributed by atoms with van der Waals surface area (Å²) in [7, 11) is 0. The highest BCUT2D eigenvalue weighted by atomic mass is 32.2. The van der Waals surface area contributed by atoms with E-state index in [4.69, 9.17) is 18.9 Å². The number of allylic oxidation sites excluding steroid dienone is 2. The van der Waals surface area contributed by atoms with Crippen LogP contribution in [0.2, 0.25) is 0 Å². The van der Waals surface area contributed by atoms with Crippen molar-refractivity contribution < 1.29 is 29.2 Å². The Labute approximate surface area is 303 Å². The molecule has 3 aliphatic rings. The van der Waals surface area contributed by atoms with E-state index in [0.29, 0.717) is 37.6 Å². The van der Waals surface area contributed by atoms with Gasteiger partial charge in [0.2, 0.25) is 0 Å². The minimum Gasteiger partial charge on any atom is -0.506 e. The number of aliphatic hydroxyl groups excluding tert-OH is 2. The SMILES string of the molecule is OC1=C(c2ccc(N3CCSCCOCCOCCSCC3)cc2)C(O)=C1c1ccc(N2CCSCCOCCOCCSCC2)cc1. The van der Waals surface area contributed by atoms with E-state index in [1.54, 1.807) is 0 Å².